The molecule has 3 nitrogen and oxygen atoms in total. The number of aliphatic hydroxyl groups excluding tert-OH is 1. The van der Waals surface area contributed by atoms with Crippen LogP contribution in [-0.2, 0) is 6.42 Å². The Bertz CT molecular complexity index is 340. The molecule has 0 heterocycles. The van der Waals surface area contributed by atoms with Crippen LogP contribution >= 0.6 is 11.6 Å². The Morgan fingerprint density at radius 1 is 1.28 bits per heavy atom. The second-order valence-electron chi connectivity index (χ2n) is 5.06. The van der Waals surface area contributed by atoms with E-state index in [1.807, 2.05) is 43.3 Å². The van der Waals surface area contributed by atoms with Gasteiger partial charge in [-0.05, 0) is 45.1 Å². The van der Waals surface area contributed by atoms with Crippen LogP contribution in [0, 0.1) is 0 Å². The minimum atomic E-state index is -0.326. The maximum Gasteiger partial charge on any atom is 0.0791 e. The largest absolute Gasteiger partial charge is 0.390 e. The van der Waals surface area contributed by atoms with Crippen LogP contribution in [0.1, 0.15) is 12.5 Å². The molecule has 0 saturated carbocycles. The number of nitrogens with one attached hydrogen (secondary N) is 1. The van der Waals surface area contributed by atoms with Crippen molar-refractivity contribution < 1.29 is 5.11 Å². The molecule has 0 amide bonds. The van der Waals surface area contributed by atoms with Gasteiger partial charge in [0, 0.05) is 24.2 Å². The topological polar surface area (TPSA) is 35.5 Å². The number of hydrogen-bond donors (Lipinski definition) is 2. The van der Waals surface area contributed by atoms with Crippen LogP contribution in [0.5, 0.6) is 0 Å². The highest BCUT2D eigenvalue weighted by Crippen LogP contribution is 2.10. The maximum absolute atomic E-state index is 9.75. The van der Waals surface area contributed by atoms with E-state index in [2.05, 4.69) is 12.2 Å². The third-order valence-electron chi connectivity index (χ3n) is 2.73. The van der Waals surface area contributed by atoms with Gasteiger partial charge < -0.3 is 15.3 Å². The van der Waals surface area contributed by atoms with Crippen LogP contribution in [-0.4, -0.2) is 49.3 Å². The summed E-state index contributed by atoms with van der Waals surface area (Å²) in [7, 11) is 3.92. The van der Waals surface area contributed by atoms with E-state index < -0.39 is 0 Å². The van der Waals surface area contributed by atoms with Crippen molar-refractivity contribution in [2.75, 3.05) is 27.2 Å². The summed E-state index contributed by atoms with van der Waals surface area (Å²) in [5, 5.41) is 13.9. The molecule has 0 fully saturated rings. The van der Waals surface area contributed by atoms with E-state index in [0.29, 0.717) is 19.1 Å². The average Bonchev–Trinajstić information content (AvgIpc) is 2.29. The fourth-order valence-corrected chi connectivity index (χ4v) is 2.00. The van der Waals surface area contributed by atoms with Crippen LogP contribution in [0.3, 0.4) is 0 Å². The molecule has 1 rings (SSSR count). The van der Waals surface area contributed by atoms with Crippen LogP contribution in [0.25, 0.3) is 0 Å². The lowest BCUT2D eigenvalue weighted by Crippen LogP contribution is -2.39. The lowest BCUT2D eigenvalue weighted by Gasteiger charge is -2.19. The number of rotatable bonds is 7. The second kappa shape index (κ2) is 7.74. The minimum absolute atomic E-state index is 0.326. The molecule has 0 aliphatic heterocycles. The van der Waals surface area contributed by atoms with Gasteiger partial charge in [-0.2, -0.15) is 0 Å². The smallest absolute Gasteiger partial charge is 0.0791 e. The van der Waals surface area contributed by atoms with Crippen LogP contribution in [0.15, 0.2) is 24.3 Å². The SMILES string of the molecule is CC(Cc1ccc(Cl)cc1)NCC(O)CN(C)C. The number of benzene rings is 1. The summed E-state index contributed by atoms with van der Waals surface area (Å²) in [4.78, 5) is 1.98. The van der Waals surface area contributed by atoms with Gasteiger partial charge in [-0.3, -0.25) is 0 Å². The van der Waals surface area contributed by atoms with E-state index in [-0.39, 0.29) is 6.10 Å². The van der Waals surface area contributed by atoms with Crippen molar-refractivity contribution in [3.8, 4) is 0 Å². The first-order valence-corrected chi connectivity index (χ1v) is 6.66. The third-order valence-corrected chi connectivity index (χ3v) is 2.98. The summed E-state index contributed by atoms with van der Waals surface area (Å²) in [5.74, 6) is 0. The normalized spacial score (nSPS) is 14.8. The molecule has 0 spiro atoms. The molecular weight excluding hydrogens is 248 g/mol. The van der Waals surface area contributed by atoms with Gasteiger partial charge in [0.05, 0.1) is 6.10 Å². The average molecular weight is 271 g/mol. The molecule has 0 aliphatic carbocycles. The Morgan fingerprint density at radius 3 is 2.44 bits per heavy atom. The van der Waals surface area contributed by atoms with Crippen molar-refractivity contribution in [1.82, 2.24) is 10.2 Å². The summed E-state index contributed by atoms with van der Waals surface area (Å²) in [6.07, 6.45) is 0.610. The van der Waals surface area contributed by atoms with Gasteiger partial charge in [-0.25, -0.2) is 0 Å². The molecule has 2 N–H and O–H groups in total. The molecule has 102 valence electrons. The van der Waals surface area contributed by atoms with Gasteiger partial charge >= 0.3 is 0 Å². The summed E-state index contributed by atoms with van der Waals surface area (Å²) < 4.78 is 0. The lowest BCUT2D eigenvalue weighted by atomic mass is 10.1. The van der Waals surface area contributed by atoms with E-state index in [0.717, 1.165) is 11.4 Å². The van der Waals surface area contributed by atoms with Gasteiger partial charge in [-0.15, -0.1) is 0 Å². The van der Waals surface area contributed by atoms with Gasteiger partial charge in [-0.1, -0.05) is 23.7 Å². The van der Waals surface area contributed by atoms with Crippen LogP contribution in [0.4, 0.5) is 0 Å². The Kier molecular flexibility index (Phi) is 6.65. The molecule has 4 heteroatoms. The quantitative estimate of drug-likeness (QED) is 0.793. The van der Waals surface area contributed by atoms with Crippen LogP contribution < -0.4 is 5.32 Å². The molecule has 2 atom stereocenters. The van der Waals surface area contributed by atoms with E-state index in [4.69, 9.17) is 11.6 Å². The molecule has 1 aromatic rings. The molecular formula is C14H23ClN2O. The summed E-state index contributed by atoms with van der Waals surface area (Å²) in [6.45, 7) is 3.42. The van der Waals surface area contributed by atoms with Crippen molar-refractivity contribution in [3.63, 3.8) is 0 Å². The fraction of sp³-hybridized carbons (Fsp3) is 0.571. The van der Waals surface area contributed by atoms with E-state index in [9.17, 15) is 5.11 Å². The van der Waals surface area contributed by atoms with Gasteiger partial charge in [0.15, 0.2) is 0 Å². The highest BCUT2D eigenvalue weighted by atomic mass is 35.5. The molecule has 18 heavy (non-hydrogen) atoms. The highest BCUT2D eigenvalue weighted by Gasteiger charge is 2.08. The predicted octanol–water partition coefficient (Wildman–Crippen LogP) is 1.78. The van der Waals surface area contributed by atoms with Crippen molar-refractivity contribution in [3.05, 3.63) is 34.9 Å². The lowest BCUT2D eigenvalue weighted by molar-refractivity contribution is 0.132. The Morgan fingerprint density at radius 2 is 1.89 bits per heavy atom. The van der Waals surface area contributed by atoms with E-state index in [1.54, 1.807) is 0 Å². The molecule has 0 aliphatic rings. The van der Waals surface area contributed by atoms with Crippen molar-refractivity contribution in [1.29, 1.82) is 0 Å². The molecule has 0 aromatic heterocycles. The Hall–Kier alpha value is -0.610. The first kappa shape index (κ1) is 15.4. The molecule has 0 bridgehead atoms. The number of hydrogen-bond acceptors (Lipinski definition) is 3. The summed E-state index contributed by atoms with van der Waals surface area (Å²) in [5.41, 5.74) is 1.25. The first-order valence-electron chi connectivity index (χ1n) is 6.28. The summed E-state index contributed by atoms with van der Waals surface area (Å²) >= 11 is 5.85. The van der Waals surface area contributed by atoms with Gasteiger partial charge in [0.25, 0.3) is 0 Å². The second-order valence-corrected chi connectivity index (χ2v) is 5.49. The predicted molar refractivity (Wildman–Crippen MR) is 77.2 cm³/mol. The van der Waals surface area contributed by atoms with Crippen molar-refractivity contribution >= 4 is 11.6 Å². The van der Waals surface area contributed by atoms with Crippen molar-refractivity contribution in [2.45, 2.75) is 25.5 Å². The van der Waals surface area contributed by atoms with Gasteiger partial charge in [0.2, 0.25) is 0 Å². The Balaban J connectivity index is 2.29. The zero-order valence-electron chi connectivity index (χ0n) is 11.4. The third kappa shape index (κ3) is 6.36. The number of likely N-dealkylation sites (N-methyl/N-ethyl adjacent to an activating group) is 1. The molecule has 1 aromatic carbocycles. The molecule has 0 saturated heterocycles. The highest BCUT2D eigenvalue weighted by molar-refractivity contribution is 6.30. The van der Waals surface area contributed by atoms with Crippen LogP contribution in [0.2, 0.25) is 5.02 Å². The molecule has 0 radical (unpaired) electrons. The fourth-order valence-electron chi connectivity index (χ4n) is 1.87. The number of nitrogens with zero attached hydrogens (tertiary/aromatic N) is 1. The number of aliphatic hydroxyl groups is 1. The number of halogens is 1. The molecule has 2 unspecified atom stereocenters. The standard InChI is InChI=1S/C14H23ClN2O/c1-11(16-9-14(18)10-17(2)3)8-12-4-6-13(15)7-5-12/h4-7,11,14,16,18H,8-10H2,1-3H3. The minimum Gasteiger partial charge on any atom is -0.390 e. The van der Waals surface area contributed by atoms with E-state index in [1.165, 1.54) is 5.56 Å². The first-order chi connectivity index (χ1) is 8.47. The van der Waals surface area contributed by atoms with Gasteiger partial charge in [0.1, 0.15) is 0 Å². The van der Waals surface area contributed by atoms with Crippen molar-refractivity contribution in [2.24, 2.45) is 0 Å². The maximum atomic E-state index is 9.75. The van der Waals surface area contributed by atoms with E-state index >= 15 is 0 Å². The zero-order valence-corrected chi connectivity index (χ0v) is 12.1. The zero-order chi connectivity index (χ0) is 13.5. The summed E-state index contributed by atoms with van der Waals surface area (Å²) in [6, 6.07) is 8.23. The Labute approximate surface area is 115 Å². The monoisotopic (exact) mass is 270 g/mol.